The molecule has 18 heavy (non-hydrogen) atoms. The fourth-order valence-electron chi connectivity index (χ4n) is 1.83. The molecule has 0 aliphatic rings. The van der Waals surface area contributed by atoms with Crippen LogP contribution in [0, 0.1) is 0 Å². The molecular formula is C15H13BrO2. The van der Waals surface area contributed by atoms with Gasteiger partial charge in [-0.1, -0.05) is 35.0 Å². The molecule has 0 atom stereocenters. The van der Waals surface area contributed by atoms with Crippen molar-refractivity contribution >= 4 is 21.7 Å². The molecule has 0 saturated carbocycles. The fourth-order valence-corrected chi connectivity index (χ4v) is 2.10. The van der Waals surface area contributed by atoms with Crippen molar-refractivity contribution < 1.29 is 9.90 Å². The second-order valence-electron chi connectivity index (χ2n) is 4.01. The first-order chi connectivity index (χ1) is 8.61. The maximum Gasteiger partial charge on any atom is 0.163 e. The van der Waals surface area contributed by atoms with Gasteiger partial charge >= 0.3 is 0 Å². The van der Waals surface area contributed by atoms with Crippen molar-refractivity contribution in [3.05, 3.63) is 52.5 Å². The van der Waals surface area contributed by atoms with Gasteiger partial charge in [0.25, 0.3) is 0 Å². The zero-order valence-electron chi connectivity index (χ0n) is 9.98. The Labute approximate surface area is 114 Å². The second kappa shape index (κ2) is 5.36. The summed E-state index contributed by atoms with van der Waals surface area (Å²) in [4.78, 5) is 11.9. The molecule has 0 fully saturated rings. The van der Waals surface area contributed by atoms with E-state index in [4.69, 9.17) is 0 Å². The lowest BCUT2D eigenvalue weighted by Gasteiger charge is -2.09. The van der Waals surface area contributed by atoms with Gasteiger partial charge in [-0.05, 0) is 41.5 Å². The lowest BCUT2D eigenvalue weighted by molar-refractivity contribution is 0.0988. The van der Waals surface area contributed by atoms with E-state index in [-0.39, 0.29) is 11.5 Å². The molecule has 0 amide bonds. The molecule has 2 nitrogen and oxygen atoms in total. The quantitative estimate of drug-likeness (QED) is 0.853. The molecular weight excluding hydrogens is 292 g/mol. The van der Waals surface area contributed by atoms with Crippen molar-refractivity contribution in [2.45, 2.75) is 13.3 Å². The Kier molecular flexibility index (Phi) is 3.82. The van der Waals surface area contributed by atoms with Crippen LogP contribution in [0.25, 0.3) is 11.1 Å². The summed E-state index contributed by atoms with van der Waals surface area (Å²) < 4.78 is 0.994. The standard InChI is InChI=1S/C15H13BrO2/c1-2-15(18)14-9-12(17)7-8-13(14)10-3-5-11(16)6-4-10/h3-9,17H,2H2,1H3. The van der Waals surface area contributed by atoms with Gasteiger partial charge in [0.15, 0.2) is 5.78 Å². The summed E-state index contributed by atoms with van der Waals surface area (Å²) in [5.41, 5.74) is 2.39. The van der Waals surface area contributed by atoms with Crippen LogP contribution in [0.5, 0.6) is 5.75 Å². The monoisotopic (exact) mass is 304 g/mol. The Morgan fingerprint density at radius 1 is 1.17 bits per heavy atom. The number of phenolic OH excluding ortho intramolecular Hbond substituents is 1. The van der Waals surface area contributed by atoms with Gasteiger partial charge < -0.3 is 5.11 Å². The van der Waals surface area contributed by atoms with Gasteiger partial charge in [-0.2, -0.15) is 0 Å². The molecule has 0 saturated heterocycles. The van der Waals surface area contributed by atoms with Gasteiger partial charge in [-0.15, -0.1) is 0 Å². The molecule has 92 valence electrons. The molecule has 0 bridgehead atoms. The maximum absolute atomic E-state index is 11.9. The highest BCUT2D eigenvalue weighted by Gasteiger charge is 2.12. The minimum atomic E-state index is 0.0313. The number of phenols is 1. The number of benzene rings is 2. The van der Waals surface area contributed by atoms with E-state index in [1.807, 2.05) is 31.2 Å². The average Bonchev–Trinajstić information content (AvgIpc) is 2.39. The van der Waals surface area contributed by atoms with E-state index in [2.05, 4.69) is 15.9 Å². The van der Waals surface area contributed by atoms with Gasteiger partial charge in [0, 0.05) is 16.5 Å². The number of Topliss-reactive ketones (excluding diaryl/α,β-unsaturated/α-hetero) is 1. The van der Waals surface area contributed by atoms with E-state index >= 15 is 0 Å². The van der Waals surface area contributed by atoms with Gasteiger partial charge in [-0.25, -0.2) is 0 Å². The van der Waals surface area contributed by atoms with Crippen molar-refractivity contribution in [1.29, 1.82) is 0 Å². The Morgan fingerprint density at radius 3 is 2.44 bits per heavy atom. The summed E-state index contributed by atoms with van der Waals surface area (Å²) >= 11 is 3.38. The minimum absolute atomic E-state index is 0.0313. The van der Waals surface area contributed by atoms with Crippen LogP contribution in [-0.2, 0) is 0 Å². The minimum Gasteiger partial charge on any atom is -0.508 e. The molecule has 3 heteroatoms. The van der Waals surface area contributed by atoms with Crippen LogP contribution in [0.1, 0.15) is 23.7 Å². The molecule has 0 unspecified atom stereocenters. The molecule has 2 aromatic carbocycles. The van der Waals surface area contributed by atoms with Crippen LogP contribution in [0.4, 0.5) is 0 Å². The van der Waals surface area contributed by atoms with Crippen LogP contribution in [0.15, 0.2) is 46.9 Å². The zero-order chi connectivity index (χ0) is 13.1. The number of hydrogen-bond donors (Lipinski definition) is 1. The van der Waals surface area contributed by atoms with Crippen LogP contribution < -0.4 is 0 Å². The van der Waals surface area contributed by atoms with Gasteiger partial charge in [0.1, 0.15) is 5.75 Å². The third-order valence-corrected chi connectivity index (χ3v) is 3.31. The predicted molar refractivity (Wildman–Crippen MR) is 75.9 cm³/mol. The molecule has 0 spiro atoms. The largest absolute Gasteiger partial charge is 0.508 e. The Hall–Kier alpha value is -1.61. The highest BCUT2D eigenvalue weighted by Crippen LogP contribution is 2.29. The first-order valence-electron chi connectivity index (χ1n) is 5.74. The average molecular weight is 305 g/mol. The van der Waals surface area contributed by atoms with E-state index in [1.165, 1.54) is 6.07 Å². The molecule has 0 aromatic heterocycles. The van der Waals surface area contributed by atoms with Crippen LogP contribution in [0.2, 0.25) is 0 Å². The van der Waals surface area contributed by atoms with Gasteiger partial charge in [0.2, 0.25) is 0 Å². The lowest BCUT2D eigenvalue weighted by Crippen LogP contribution is -1.99. The highest BCUT2D eigenvalue weighted by atomic mass is 79.9. The Morgan fingerprint density at radius 2 is 1.83 bits per heavy atom. The van der Waals surface area contributed by atoms with Crippen LogP contribution in [-0.4, -0.2) is 10.9 Å². The molecule has 2 aromatic rings. The first kappa shape index (κ1) is 12.8. The van der Waals surface area contributed by atoms with Crippen molar-refractivity contribution in [2.75, 3.05) is 0 Å². The third-order valence-electron chi connectivity index (χ3n) is 2.78. The molecule has 0 aliphatic carbocycles. The van der Waals surface area contributed by atoms with Crippen molar-refractivity contribution in [2.24, 2.45) is 0 Å². The summed E-state index contributed by atoms with van der Waals surface area (Å²) in [6, 6.07) is 12.7. The molecule has 1 N–H and O–H groups in total. The van der Waals surface area contributed by atoms with Crippen LogP contribution in [0.3, 0.4) is 0 Å². The Balaban J connectivity index is 2.56. The number of halogens is 1. The van der Waals surface area contributed by atoms with Crippen LogP contribution >= 0.6 is 15.9 Å². The van der Waals surface area contributed by atoms with E-state index in [0.717, 1.165) is 15.6 Å². The topological polar surface area (TPSA) is 37.3 Å². The van der Waals surface area contributed by atoms with Gasteiger partial charge in [0.05, 0.1) is 0 Å². The lowest BCUT2D eigenvalue weighted by atomic mass is 9.96. The number of rotatable bonds is 3. The molecule has 0 heterocycles. The highest BCUT2D eigenvalue weighted by molar-refractivity contribution is 9.10. The van der Waals surface area contributed by atoms with E-state index in [9.17, 15) is 9.90 Å². The summed E-state index contributed by atoms with van der Waals surface area (Å²) in [6.45, 7) is 1.82. The van der Waals surface area contributed by atoms with E-state index in [0.29, 0.717) is 12.0 Å². The zero-order valence-corrected chi connectivity index (χ0v) is 11.6. The maximum atomic E-state index is 11.9. The second-order valence-corrected chi connectivity index (χ2v) is 4.93. The smallest absolute Gasteiger partial charge is 0.163 e. The molecule has 2 rings (SSSR count). The van der Waals surface area contributed by atoms with Crippen molar-refractivity contribution in [3.63, 3.8) is 0 Å². The third kappa shape index (κ3) is 2.62. The summed E-state index contributed by atoms with van der Waals surface area (Å²) in [5.74, 6) is 0.150. The number of carbonyl (C=O) groups is 1. The van der Waals surface area contributed by atoms with E-state index in [1.54, 1.807) is 12.1 Å². The fraction of sp³-hybridized carbons (Fsp3) is 0.133. The number of aromatic hydroxyl groups is 1. The van der Waals surface area contributed by atoms with Gasteiger partial charge in [-0.3, -0.25) is 4.79 Å². The summed E-state index contributed by atoms with van der Waals surface area (Å²) in [5, 5.41) is 9.51. The summed E-state index contributed by atoms with van der Waals surface area (Å²) in [7, 11) is 0. The predicted octanol–water partition coefficient (Wildman–Crippen LogP) is 4.41. The summed E-state index contributed by atoms with van der Waals surface area (Å²) in [6.07, 6.45) is 0.424. The SMILES string of the molecule is CCC(=O)c1cc(O)ccc1-c1ccc(Br)cc1. The van der Waals surface area contributed by atoms with Crippen molar-refractivity contribution in [1.82, 2.24) is 0 Å². The normalized spacial score (nSPS) is 10.3. The number of carbonyl (C=O) groups excluding carboxylic acids is 1. The number of hydrogen-bond acceptors (Lipinski definition) is 2. The van der Waals surface area contributed by atoms with Crippen molar-refractivity contribution in [3.8, 4) is 16.9 Å². The van der Waals surface area contributed by atoms with E-state index < -0.39 is 0 Å². The molecule has 0 aliphatic heterocycles. The number of ketones is 1. The molecule has 0 radical (unpaired) electrons. The first-order valence-corrected chi connectivity index (χ1v) is 6.53. The Bertz CT molecular complexity index is 574.